The third kappa shape index (κ3) is 3.07. The van der Waals surface area contributed by atoms with E-state index in [0.29, 0.717) is 14.9 Å². The monoisotopic (exact) mass is 343 g/mol. The van der Waals surface area contributed by atoms with Crippen molar-refractivity contribution in [1.82, 2.24) is 0 Å². The predicted molar refractivity (Wildman–Crippen MR) is 97.8 cm³/mol. The fourth-order valence-corrected chi connectivity index (χ4v) is 3.69. The quantitative estimate of drug-likeness (QED) is 0.570. The van der Waals surface area contributed by atoms with E-state index in [-0.39, 0.29) is 11.7 Å². The molecule has 2 nitrogen and oxygen atoms in total. The van der Waals surface area contributed by atoms with Gasteiger partial charge in [-0.2, -0.15) is 0 Å². The lowest BCUT2D eigenvalue weighted by atomic mass is 10.1. The van der Waals surface area contributed by atoms with Gasteiger partial charge in [-0.05, 0) is 49.2 Å². The minimum Gasteiger partial charge on any atom is -0.268 e. The molecule has 2 aromatic carbocycles. The SMILES string of the molecule is C/C(=C1/SC(=S)N(c2ccc(F)cc2)C1=O)c1ccc(C)cc1. The van der Waals surface area contributed by atoms with Gasteiger partial charge in [0.15, 0.2) is 4.32 Å². The molecule has 0 N–H and O–H groups in total. The van der Waals surface area contributed by atoms with Crippen LogP contribution in [0.25, 0.3) is 5.57 Å². The van der Waals surface area contributed by atoms with Crippen LogP contribution in [-0.2, 0) is 4.79 Å². The molecule has 1 aliphatic heterocycles. The molecule has 2 aromatic rings. The maximum absolute atomic E-state index is 13.1. The number of carbonyl (C=O) groups is 1. The topological polar surface area (TPSA) is 20.3 Å². The zero-order chi connectivity index (χ0) is 16.6. The van der Waals surface area contributed by atoms with Crippen molar-refractivity contribution in [3.05, 3.63) is 70.4 Å². The Morgan fingerprint density at radius 3 is 2.30 bits per heavy atom. The summed E-state index contributed by atoms with van der Waals surface area (Å²) in [5.41, 5.74) is 3.64. The Morgan fingerprint density at radius 1 is 1.09 bits per heavy atom. The predicted octanol–water partition coefficient (Wildman–Crippen LogP) is 4.93. The first kappa shape index (κ1) is 15.9. The van der Waals surface area contributed by atoms with Gasteiger partial charge in [-0.25, -0.2) is 4.39 Å². The van der Waals surface area contributed by atoms with Gasteiger partial charge in [0.05, 0.1) is 10.6 Å². The van der Waals surface area contributed by atoms with Crippen LogP contribution in [0.4, 0.5) is 10.1 Å². The second-order valence-electron chi connectivity index (χ2n) is 5.31. The van der Waals surface area contributed by atoms with Crippen molar-refractivity contribution in [2.75, 3.05) is 4.90 Å². The standard InChI is InChI=1S/C18H14FNOS2/c1-11-3-5-13(6-4-11)12(2)16-17(21)20(18(22)23-16)15-9-7-14(19)8-10-15/h3-10H,1-2H3/b16-12-. The number of halogens is 1. The van der Waals surface area contributed by atoms with E-state index in [1.165, 1.54) is 34.4 Å². The minimum atomic E-state index is -0.342. The number of amides is 1. The summed E-state index contributed by atoms with van der Waals surface area (Å²) in [4.78, 5) is 14.8. The van der Waals surface area contributed by atoms with Crippen LogP contribution in [0.1, 0.15) is 18.1 Å². The van der Waals surface area contributed by atoms with Crippen molar-refractivity contribution in [3.8, 4) is 0 Å². The van der Waals surface area contributed by atoms with Crippen LogP contribution < -0.4 is 4.90 Å². The number of hydrogen-bond acceptors (Lipinski definition) is 3. The van der Waals surface area contributed by atoms with Crippen molar-refractivity contribution in [1.29, 1.82) is 0 Å². The molecule has 23 heavy (non-hydrogen) atoms. The number of thioether (sulfide) groups is 1. The molecule has 0 saturated carbocycles. The van der Waals surface area contributed by atoms with Gasteiger partial charge in [-0.3, -0.25) is 9.69 Å². The zero-order valence-corrected chi connectivity index (χ0v) is 14.3. The molecule has 5 heteroatoms. The van der Waals surface area contributed by atoms with Gasteiger partial charge in [0.2, 0.25) is 0 Å². The van der Waals surface area contributed by atoms with Crippen LogP contribution in [0, 0.1) is 12.7 Å². The Labute approximate surface area is 144 Å². The molecule has 1 fully saturated rings. The molecule has 1 heterocycles. The Bertz CT molecular complexity index is 810. The number of anilines is 1. The summed E-state index contributed by atoms with van der Waals surface area (Å²) in [6, 6.07) is 13.8. The molecule has 1 saturated heterocycles. The summed E-state index contributed by atoms with van der Waals surface area (Å²) < 4.78 is 13.5. The Kier molecular flexibility index (Phi) is 4.33. The van der Waals surface area contributed by atoms with E-state index >= 15 is 0 Å². The van der Waals surface area contributed by atoms with Gasteiger partial charge in [0.1, 0.15) is 5.82 Å². The molecule has 0 radical (unpaired) electrons. The minimum absolute atomic E-state index is 0.162. The molecule has 1 amide bonds. The van der Waals surface area contributed by atoms with Gasteiger partial charge in [0, 0.05) is 0 Å². The van der Waals surface area contributed by atoms with Crippen LogP contribution in [0.3, 0.4) is 0 Å². The summed E-state index contributed by atoms with van der Waals surface area (Å²) >= 11 is 6.62. The number of allylic oxidation sites excluding steroid dienone is 1. The van der Waals surface area contributed by atoms with E-state index in [9.17, 15) is 9.18 Å². The smallest absolute Gasteiger partial charge is 0.268 e. The number of hydrogen-bond donors (Lipinski definition) is 0. The Hall–Kier alpha value is -1.98. The second kappa shape index (κ2) is 6.26. The normalized spacial score (nSPS) is 16.9. The molecule has 0 aromatic heterocycles. The highest BCUT2D eigenvalue weighted by molar-refractivity contribution is 8.27. The molecule has 0 atom stereocenters. The first-order valence-corrected chi connectivity index (χ1v) is 8.29. The van der Waals surface area contributed by atoms with Crippen molar-refractivity contribution < 1.29 is 9.18 Å². The number of rotatable bonds is 2. The van der Waals surface area contributed by atoms with Gasteiger partial charge < -0.3 is 0 Å². The van der Waals surface area contributed by atoms with E-state index in [2.05, 4.69) is 0 Å². The second-order valence-corrected chi connectivity index (χ2v) is 6.95. The van der Waals surface area contributed by atoms with Gasteiger partial charge in [-0.15, -0.1) is 0 Å². The molecule has 3 rings (SSSR count). The number of benzene rings is 2. The van der Waals surface area contributed by atoms with E-state index in [1.54, 1.807) is 12.1 Å². The maximum Gasteiger partial charge on any atom is 0.271 e. The number of aryl methyl sites for hydroxylation is 1. The highest BCUT2D eigenvalue weighted by atomic mass is 32.2. The van der Waals surface area contributed by atoms with Crippen molar-refractivity contribution in [3.63, 3.8) is 0 Å². The first-order chi connectivity index (χ1) is 11.0. The lowest BCUT2D eigenvalue weighted by molar-refractivity contribution is -0.113. The lowest BCUT2D eigenvalue weighted by Gasteiger charge is -2.14. The summed E-state index contributed by atoms with van der Waals surface area (Å²) in [7, 11) is 0. The zero-order valence-electron chi connectivity index (χ0n) is 12.7. The van der Waals surface area contributed by atoms with Gasteiger partial charge in [-0.1, -0.05) is 53.8 Å². The first-order valence-electron chi connectivity index (χ1n) is 7.07. The number of carbonyl (C=O) groups excluding carboxylic acids is 1. The summed E-state index contributed by atoms with van der Waals surface area (Å²) in [6.45, 7) is 3.94. The average Bonchev–Trinajstić information content (AvgIpc) is 2.83. The molecule has 1 aliphatic rings. The van der Waals surface area contributed by atoms with E-state index < -0.39 is 0 Å². The third-order valence-electron chi connectivity index (χ3n) is 3.68. The highest BCUT2D eigenvalue weighted by Crippen LogP contribution is 2.39. The molecule has 0 bridgehead atoms. The molecular weight excluding hydrogens is 329 g/mol. The molecule has 0 spiro atoms. The summed E-state index contributed by atoms with van der Waals surface area (Å²) in [5, 5.41) is 0. The lowest BCUT2D eigenvalue weighted by Crippen LogP contribution is -2.27. The Morgan fingerprint density at radius 2 is 1.70 bits per heavy atom. The van der Waals surface area contributed by atoms with Crippen LogP contribution in [0.15, 0.2) is 53.4 Å². The van der Waals surface area contributed by atoms with Crippen molar-refractivity contribution in [2.45, 2.75) is 13.8 Å². The number of nitrogens with zero attached hydrogens (tertiary/aromatic N) is 1. The number of thiocarbonyl (C=S) groups is 1. The molecule has 0 aliphatic carbocycles. The molecule has 116 valence electrons. The van der Waals surface area contributed by atoms with Crippen molar-refractivity contribution >= 4 is 45.5 Å². The van der Waals surface area contributed by atoms with Crippen LogP contribution >= 0.6 is 24.0 Å². The van der Waals surface area contributed by atoms with Crippen LogP contribution in [0.2, 0.25) is 0 Å². The van der Waals surface area contributed by atoms with E-state index in [1.807, 2.05) is 38.1 Å². The fourth-order valence-electron chi connectivity index (χ4n) is 2.35. The fraction of sp³-hybridized carbons (Fsp3) is 0.111. The maximum atomic E-state index is 13.1. The van der Waals surface area contributed by atoms with Gasteiger partial charge >= 0.3 is 0 Å². The van der Waals surface area contributed by atoms with Crippen LogP contribution in [-0.4, -0.2) is 10.2 Å². The van der Waals surface area contributed by atoms with E-state index in [4.69, 9.17) is 12.2 Å². The molecule has 0 unspecified atom stereocenters. The largest absolute Gasteiger partial charge is 0.271 e. The summed E-state index contributed by atoms with van der Waals surface area (Å²) in [5.74, 6) is -0.504. The van der Waals surface area contributed by atoms with Crippen LogP contribution in [0.5, 0.6) is 0 Å². The molecular formula is C18H14FNOS2. The third-order valence-corrected chi connectivity index (χ3v) is 5.15. The highest BCUT2D eigenvalue weighted by Gasteiger charge is 2.34. The Balaban J connectivity index is 1.98. The average molecular weight is 343 g/mol. The summed E-state index contributed by atoms with van der Waals surface area (Å²) in [6.07, 6.45) is 0. The van der Waals surface area contributed by atoms with E-state index in [0.717, 1.165) is 11.1 Å². The van der Waals surface area contributed by atoms with Gasteiger partial charge in [0.25, 0.3) is 5.91 Å². The van der Waals surface area contributed by atoms with Crippen molar-refractivity contribution in [2.24, 2.45) is 0 Å².